The molecular weight excluding hydrogens is 254 g/mol. The van der Waals surface area contributed by atoms with Gasteiger partial charge in [-0.25, -0.2) is 9.48 Å². The lowest BCUT2D eigenvalue weighted by Gasteiger charge is -2.01. The summed E-state index contributed by atoms with van der Waals surface area (Å²) in [5.41, 5.74) is 2.16. The number of aromatic carboxylic acids is 1. The molecule has 5 heteroatoms. The molecule has 100 valence electrons. The molecule has 0 bridgehead atoms. The maximum absolute atomic E-state index is 10.8. The van der Waals surface area contributed by atoms with Gasteiger partial charge in [-0.05, 0) is 24.3 Å². The molecular formula is C15H13N3O2. The van der Waals surface area contributed by atoms with Crippen LogP contribution in [0.2, 0.25) is 0 Å². The summed E-state index contributed by atoms with van der Waals surface area (Å²) in [7, 11) is 0. The largest absolute Gasteiger partial charge is 0.478 e. The van der Waals surface area contributed by atoms with Gasteiger partial charge in [-0.3, -0.25) is 0 Å². The van der Waals surface area contributed by atoms with Crippen LogP contribution in [0.1, 0.15) is 16.1 Å². The molecule has 3 rings (SSSR count). The minimum Gasteiger partial charge on any atom is -0.478 e. The lowest BCUT2D eigenvalue weighted by molar-refractivity contribution is 0.0697. The zero-order valence-corrected chi connectivity index (χ0v) is 10.7. The van der Waals surface area contributed by atoms with Crippen molar-refractivity contribution in [3.63, 3.8) is 0 Å². The maximum atomic E-state index is 10.8. The number of rotatable bonds is 4. The van der Waals surface area contributed by atoms with E-state index in [4.69, 9.17) is 5.11 Å². The molecule has 0 saturated carbocycles. The Labute approximate surface area is 115 Å². The van der Waals surface area contributed by atoms with Crippen molar-refractivity contribution < 1.29 is 9.90 Å². The smallest absolute Gasteiger partial charge is 0.337 e. The van der Waals surface area contributed by atoms with Crippen molar-refractivity contribution in [2.45, 2.75) is 6.54 Å². The molecule has 2 heterocycles. The molecule has 5 nitrogen and oxygen atoms in total. The number of para-hydroxylation sites is 1. The van der Waals surface area contributed by atoms with Crippen LogP contribution in [-0.2, 0) is 6.54 Å². The Kier molecular flexibility index (Phi) is 3.09. The van der Waals surface area contributed by atoms with E-state index >= 15 is 0 Å². The first-order chi connectivity index (χ1) is 9.72. The van der Waals surface area contributed by atoms with Gasteiger partial charge in [0.15, 0.2) is 0 Å². The molecule has 0 saturated heterocycles. The SMILES string of the molecule is O=C(O)c1ccn(Cc2ccn(-c3ccccc3)n2)c1. The normalized spacial score (nSPS) is 10.6. The zero-order valence-electron chi connectivity index (χ0n) is 10.7. The van der Waals surface area contributed by atoms with Crippen molar-refractivity contribution in [1.82, 2.24) is 14.3 Å². The number of hydrogen-bond acceptors (Lipinski definition) is 2. The number of carboxylic acid groups (broad SMARTS) is 1. The highest BCUT2D eigenvalue weighted by Crippen LogP contribution is 2.09. The highest BCUT2D eigenvalue weighted by Gasteiger charge is 2.06. The molecule has 1 aromatic carbocycles. The van der Waals surface area contributed by atoms with Crippen molar-refractivity contribution in [2.75, 3.05) is 0 Å². The van der Waals surface area contributed by atoms with Crippen molar-refractivity contribution in [3.8, 4) is 5.69 Å². The standard InChI is InChI=1S/C15H13N3O2/c19-15(20)12-6-8-17(10-12)11-13-7-9-18(16-13)14-4-2-1-3-5-14/h1-10H,11H2,(H,19,20). The van der Waals surface area contributed by atoms with E-state index in [0.29, 0.717) is 6.54 Å². The first kappa shape index (κ1) is 12.2. The lowest BCUT2D eigenvalue weighted by atomic mass is 10.3. The fourth-order valence-electron chi connectivity index (χ4n) is 2.02. The third-order valence-corrected chi connectivity index (χ3v) is 3.01. The molecule has 1 N–H and O–H groups in total. The van der Waals surface area contributed by atoms with Crippen LogP contribution in [0.25, 0.3) is 5.69 Å². The van der Waals surface area contributed by atoms with E-state index in [1.165, 1.54) is 0 Å². The third-order valence-electron chi connectivity index (χ3n) is 3.01. The van der Waals surface area contributed by atoms with Gasteiger partial charge < -0.3 is 9.67 Å². The molecule has 0 aliphatic rings. The molecule has 0 amide bonds. The molecule has 0 unspecified atom stereocenters. The number of carboxylic acids is 1. The molecule has 2 aromatic heterocycles. The van der Waals surface area contributed by atoms with Crippen molar-refractivity contribution in [3.05, 3.63) is 72.3 Å². The summed E-state index contributed by atoms with van der Waals surface area (Å²) in [6.07, 6.45) is 5.24. The Morgan fingerprint density at radius 1 is 1.10 bits per heavy atom. The number of benzene rings is 1. The fourth-order valence-corrected chi connectivity index (χ4v) is 2.02. The molecule has 0 atom stereocenters. The molecule has 3 aromatic rings. The van der Waals surface area contributed by atoms with Gasteiger partial charge in [0.05, 0.1) is 23.5 Å². The molecule has 0 aliphatic heterocycles. The summed E-state index contributed by atoms with van der Waals surface area (Å²) in [6.45, 7) is 0.549. The van der Waals surface area contributed by atoms with E-state index in [1.54, 1.807) is 27.7 Å². The second-order valence-electron chi connectivity index (χ2n) is 4.46. The lowest BCUT2D eigenvalue weighted by Crippen LogP contribution is -2.01. The van der Waals surface area contributed by atoms with Crippen molar-refractivity contribution in [1.29, 1.82) is 0 Å². The monoisotopic (exact) mass is 267 g/mol. The van der Waals surface area contributed by atoms with E-state index in [9.17, 15) is 4.79 Å². The van der Waals surface area contributed by atoms with Gasteiger partial charge >= 0.3 is 5.97 Å². The maximum Gasteiger partial charge on any atom is 0.337 e. The van der Waals surface area contributed by atoms with Crippen LogP contribution < -0.4 is 0 Å². The van der Waals surface area contributed by atoms with Gasteiger partial charge in [0, 0.05) is 18.6 Å². The Hall–Kier alpha value is -2.82. The van der Waals surface area contributed by atoms with Gasteiger partial charge in [0.2, 0.25) is 0 Å². The van der Waals surface area contributed by atoms with E-state index < -0.39 is 5.97 Å². The van der Waals surface area contributed by atoms with E-state index in [-0.39, 0.29) is 5.56 Å². The third kappa shape index (κ3) is 2.47. The van der Waals surface area contributed by atoms with Crippen LogP contribution in [0.5, 0.6) is 0 Å². The molecule has 0 radical (unpaired) electrons. The number of aromatic nitrogens is 3. The second kappa shape index (κ2) is 5.05. The average molecular weight is 267 g/mol. The van der Waals surface area contributed by atoms with Crippen LogP contribution in [-0.4, -0.2) is 25.4 Å². The minimum atomic E-state index is -0.918. The number of nitrogens with zero attached hydrogens (tertiary/aromatic N) is 3. The summed E-state index contributed by atoms with van der Waals surface area (Å²) in [4.78, 5) is 10.8. The quantitative estimate of drug-likeness (QED) is 0.789. The Bertz CT molecular complexity index is 728. The highest BCUT2D eigenvalue weighted by molar-refractivity contribution is 5.87. The fraction of sp³-hybridized carbons (Fsp3) is 0.0667. The zero-order chi connectivity index (χ0) is 13.9. The number of carbonyl (C=O) groups is 1. The molecule has 0 spiro atoms. The summed E-state index contributed by atoms with van der Waals surface area (Å²) < 4.78 is 3.61. The van der Waals surface area contributed by atoms with Crippen LogP contribution >= 0.6 is 0 Å². The van der Waals surface area contributed by atoms with Crippen molar-refractivity contribution >= 4 is 5.97 Å². The Balaban J connectivity index is 1.78. The topological polar surface area (TPSA) is 60.0 Å². The van der Waals surface area contributed by atoms with Gasteiger partial charge in [-0.1, -0.05) is 18.2 Å². The summed E-state index contributed by atoms with van der Waals surface area (Å²) in [5, 5.41) is 13.4. The summed E-state index contributed by atoms with van der Waals surface area (Å²) in [6, 6.07) is 13.3. The van der Waals surface area contributed by atoms with Gasteiger partial charge in [-0.15, -0.1) is 0 Å². The predicted molar refractivity (Wildman–Crippen MR) is 74.1 cm³/mol. The van der Waals surface area contributed by atoms with E-state index in [0.717, 1.165) is 11.4 Å². The molecule has 0 aliphatic carbocycles. The van der Waals surface area contributed by atoms with Crippen LogP contribution in [0, 0.1) is 0 Å². The summed E-state index contributed by atoms with van der Waals surface area (Å²) >= 11 is 0. The Morgan fingerprint density at radius 3 is 2.60 bits per heavy atom. The van der Waals surface area contributed by atoms with Gasteiger partial charge in [0.1, 0.15) is 0 Å². The van der Waals surface area contributed by atoms with Gasteiger partial charge in [-0.2, -0.15) is 5.10 Å². The minimum absolute atomic E-state index is 0.285. The average Bonchev–Trinajstić information content (AvgIpc) is 3.10. The summed E-state index contributed by atoms with van der Waals surface area (Å²) in [5.74, 6) is -0.918. The molecule has 0 fully saturated rings. The Morgan fingerprint density at radius 2 is 1.90 bits per heavy atom. The van der Waals surface area contributed by atoms with Crippen LogP contribution in [0.3, 0.4) is 0 Å². The van der Waals surface area contributed by atoms with Crippen molar-refractivity contribution in [2.24, 2.45) is 0 Å². The van der Waals surface area contributed by atoms with Crippen LogP contribution in [0.4, 0.5) is 0 Å². The second-order valence-corrected chi connectivity index (χ2v) is 4.46. The number of hydrogen-bond donors (Lipinski definition) is 1. The van der Waals surface area contributed by atoms with Gasteiger partial charge in [0.25, 0.3) is 0 Å². The first-order valence-electron chi connectivity index (χ1n) is 6.21. The molecule has 20 heavy (non-hydrogen) atoms. The van der Waals surface area contributed by atoms with E-state index in [2.05, 4.69) is 5.10 Å². The highest BCUT2D eigenvalue weighted by atomic mass is 16.4. The van der Waals surface area contributed by atoms with Crippen LogP contribution in [0.15, 0.2) is 61.1 Å². The first-order valence-corrected chi connectivity index (χ1v) is 6.21. The van der Waals surface area contributed by atoms with E-state index in [1.807, 2.05) is 42.6 Å². The predicted octanol–water partition coefficient (Wildman–Crippen LogP) is 2.42.